The largest absolute Gasteiger partial charge is 0.445 e. The molecule has 6 heteroatoms. The smallest absolute Gasteiger partial charge is 0.224 e. The van der Waals surface area contributed by atoms with Gasteiger partial charge in [-0.1, -0.05) is 82.3 Å². The maximum Gasteiger partial charge on any atom is 0.224 e. The van der Waals surface area contributed by atoms with Gasteiger partial charge < -0.3 is 18.4 Å². The van der Waals surface area contributed by atoms with Crippen LogP contribution in [-0.2, 0) is 6.42 Å². The number of piperazine rings is 6. The van der Waals surface area contributed by atoms with Gasteiger partial charge in [0.1, 0.15) is 90.0 Å². The maximum atomic E-state index is 6.78. The fraction of sp³-hybridized carbons (Fsp3) is 0.560. The molecule has 4 bridgehead atoms. The van der Waals surface area contributed by atoms with Crippen LogP contribution in [0, 0.1) is 23.7 Å². The lowest BCUT2D eigenvalue weighted by Crippen LogP contribution is -2.75. The molecule has 0 N–H and O–H groups in total. The van der Waals surface area contributed by atoms with Crippen molar-refractivity contribution >= 4 is 0 Å². The van der Waals surface area contributed by atoms with Crippen LogP contribution in [0.4, 0.5) is 0 Å². The number of nitrogens with zero attached hydrogens (tertiary/aromatic N) is 4. The Morgan fingerprint density at radius 1 is 0.446 bits per heavy atom. The monoisotopic (exact) mass is 759 g/mol. The Morgan fingerprint density at radius 3 is 1.34 bits per heavy atom. The van der Waals surface area contributed by atoms with E-state index in [2.05, 4.69) is 111 Å². The number of quaternary nitrogens is 4. The average Bonchev–Trinajstić information content (AvgIpc) is 3.26. The fourth-order valence-corrected chi connectivity index (χ4v) is 9.68. The molecule has 6 aliphatic rings. The van der Waals surface area contributed by atoms with Crippen molar-refractivity contribution in [1.82, 2.24) is 0 Å². The molecule has 0 radical (unpaired) electrons. The second-order valence-electron chi connectivity index (χ2n) is 18.0. The van der Waals surface area contributed by atoms with Crippen LogP contribution in [0.5, 0.6) is 11.5 Å². The SMILES string of the molecule is CCCCCC[N+]12CC[N+](COc3ccc(OC[N+]45CC[N+](CCCCCC)(CC4)CC5)c(C#Cc4ccc(C#Cc5ccc(CC)cc5)cc4)c3)(CC1)CC2. The highest BCUT2D eigenvalue weighted by atomic mass is 16.5. The standard InChI is InChI=1S/C50H70N4O2/c1-4-7-9-11-27-51-29-35-53(36-30-51,37-31-51)42-55-49-25-26-50(56-43-54-38-32-52(33-39-54,34-40-54)28-12-10-8-5-2)48(41-49)24-23-47-21-19-46(20-22-47)18-17-45-15-13-44(6-3)14-16-45/h13-16,19-22,25-26,41H,4-12,27-40,42-43H2,1-3H3/q+4. The molecule has 0 saturated carbocycles. The Balaban J connectivity index is 1.02. The summed E-state index contributed by atoms with van der Waals surface area (Å²) in [6.07, 6.45) is 11.9. The van der Waals surface area contributed by atoms with Gasteiger partial charge in [0.15, 0.2) is 0 Å². The lowest BCUT2D eigenvalue weighted by atomic mass is 10.1. The first-order valence-corrected chi connectivity index (χ1v) is 22.4. The summed E-state index contributed by atoms with van der Waals surface area (Å²) >= 11 is 0. The minimum Gasteiger partial charge on any atom is -0.445 e. The van der Waals surface area contributed by atoms with Crippen LogP contribution in [0.3, 0.4) is 0 Å². The molecule has 0 atom stereocenters. The zero-order chi connectivity index (χ0) is 38.7. The summed E-state index contributed by atoms with van der Waals surface area (Å²) in [7, 11) is 0. The molecule has 0 aromatic heterocycles. The lowest BCUT2D eigenvalue weighted by molar-refractivity contribution is -1.09. The van der Waals surface area contributed by atoms with Crippen LogP contribution < -0.4 is 9.47 Å². The lowest BCUT2D eigenvalue weighted by Gasteiger charge is -2.55. The van der Waals surface area contributed by atoms with Crippen LogP contribution in [0.15, 0.2) is 66.7 Å². The van der Waals surface area contributed by atoms with Crippen LogP contribution in [0.1, 0.15) is 100.0 Å². The summed E-state index contributed by atoms with van der Waals surface area (Å²) < 4.78 is 18.3. The third kappa shape index (κ3) is 10.2. The molecule has 6 aliphatic heterocycles. The summed E-state index contributed by atoms with van der Waals surface area (Å²) in [6.45, 7) is 26.1. The molecule has 3 aromatic carbocycles. The van der Waals surface area contributed by atoms with E-state index < -0.39 is 0 Å². The molecule has 0 aliphatic carbocycles. The highest BCUT2D eigenvalue weighted by molar-refractivity contribution is 5.53. The van der Waals surface area contributed by atoms with E-state index in [0.717, 1.165) is 62.6 Å². The first-order valence-electron chi connectivity index (χ1n) is 22.4. The van der Waals surface area contributed by atoms with Crippen LogP contribution in [0.25, 0.3) is 0 Å². The third-order valence-corrected chi connectivity index (χ3v) is 14.2. The van der Waals surface area contributed by atoms with Gasteiger partial charge in [0.05, 0.1) is 18.7 Å². The van der Waals surface area contributed by atoms with Gasteiger partial charge in [-0.3, -0.25) is 8.97 Å². The highest BCUT2D eigenvalue weighted by Crippen LogP contribution is 2.32. The fourth-order valence-electron chi connectivity index (χ4n) is 9.68. The van der Waals surface area contributed by atoms with Gasteiger partial charge in [0.2, 0.25) is 13.5 Å². The predicted molar refractivity (Wildman–Crippen MR) is 229 cm³/mol. The van der Waals surface area contributed by atoms with E-state index in [9.17, 15) is 0 Å². The first-order chi connectivity index (χ1) is 27.4. The zero-order valence-electron chi connectivity index (χ0n) is 35.1. The van der Waals surface area contributed by atoms with Crippen molar-refractivity contribution in [2.45, 2.75) is 78.6 Å². The van der Waals surface area contributed by atoms with Gasteiger partial charge in [0, 0.05) is 16.7 Å². The minimum atomic E-state index is 0.720. The second kappa shape index (κ2) is 18.7. The molecule has 298 valence electrons. The van der Waals surface area contributed by atoms with Gasteiger partial charge in [0.25, 0.3) is 0 Å². The van der Waals surface area contributed by atoms with Crippen LogP contribution in [0.2, 0.25) is 0 Å². The average molecular weight is 759 g/mol. The molecule has 6 saturated heterocycles. The molecule has 6 nitrogen and oxygen atoms in total. The summed E-state index contributed by atoms with van der Waals surface area (Å²) in [4.78, 5) is 0. The van der Waals surface area contributed by atoms with Crippen molar-refractivity contribution in [3.8, 4) is 35.2 Å². The van der Waals surface area contributed by atoms with Gasteiger partial charge in [-0.15, -0.1) is 0 Å². The van der Waals surface area contributed by atoms with Crippen molar-refractivity contribution < 1.29 is 27.4 Å². The normalized spacial score (nSPS) is 26.2. The Kier molecular flexibility index (Phi) is 13.5. The Labute approximate surface area is 339 Å². The number of aryl methyl sites for hydroxylation is 1. The molecule has 56 heavy (non-hydrogen) atoms. The second-order valence-corrected chi connectivity index (χ2v) is 18.0. The number of hydrogen-bond donors (Lipinski definition) is 0. The molecule has 0 amide bonds. The number of fused-ring (bicyclic) bond motifs is 6. The van der Waals surface area contributed by atoms with E-state index in [1.165, 1.54) is 158 Å². The Hall–Kier alpha value is -3.78. The molecule has 6 heterocycles. The molecule has 6 fully saturated rings. The van der Waals surface area contributed by atoms with E-state index in [0.29, 0.717) is 0 Å². The molecule has 9 rings (SSSR count). The van der Waals surface area contributed by atoms with Crippen LogP contribution >= 0.6 is 0 Å². The van der Waals surface area contributed by atoms with Crippen LogP contribution in [-0.4, -0.2) is 123 Å². The van der Waals surface area contributed by atoms with E-state index >= 15 is 0 Å². The van der Waals surface area contributed by atoms with E-state index in [-0.39, 0.29) is 0 Å². The number of benzene rings is 3. The summed E-state index contributed by atoms with van der Waals surface area (Å²) in [6, 6.07) is 23.2. The number of unbranched alkanes of at least 4 members (excludes halogenated alkanes) is 6. The first kappa shape index (κ1) is 40.4. The van der Waals surface area contributed by atoms with Crippen molar-refractivity contribution in [3.63, 3.8) is 0 Å². The highest BCUT2D eigenvalue weighted by Gasteiger charge is 2.50. The molecule has 0 spiro atoms. The number of rotatable bonds is 17. The molecule has 3 aromatic rings. The number of ether oxygens (including phenoxy) is 2. The van der Waals surface area contributed by atoms with Gasteiger partial charge in [-0.25, -0.2) is 0 Å². The number of hydrogen-bond acceptors (Lipinski definition) is 2. The maximum absolute atomic E-state index is 6.78. The van der Waals surface area contributed by atoms with E-state index in [4.69, 9.17) is 9.47 Å². The topological polar surface area (TPSA) is 18.5 Å². The minimum absolute atomic E-state index is 0.720. The van der Waals surface area contributed by atoms with E-state index in [1.807, 2.05) is 0 Å². The Morgan fingerprint density at radius 2 is 0.875 bits per heavy atom. The van der Waals surface area contributed by atoms with E-state index in [1.54, 1.807) is 0 Å². The summed E-state index contributed by atoms with van der Waals surface area (Å²) in [5.41, 5.74) is 5.25. The van der Waals surface area contributed by atoms with Crippen molar-refractivity contribution in [1.29, 1.82) is 0 Å². The summed E-state index contributed by atoms with van der Waals surface area (Å²) in [5, 5.41) is 0. The summed E-state index contributed by atoms with van der Waals surface area (Å²) in [5.74, 6) is 15.4. The van der Waals surface area contributed by atoms with Gasteiger partial charge >= 0.3 is 0 Å². The Bertz CT molecular complexity index is 1810. The predicted octanol–water partition coefficient (Wildman–Crippen LogP) is 8.20. The van der Waals surface area contributed by atoms with Gasteiger partial charge in [-0.2, -0.15) is 0 Å². The van der Waals surface area contributed by atoms with Crippen molar-refractivity contribution in [2.75, 3.05) is 105 Å². The molecular formula is C50H70N4O2+4. The zero-order valence-corrected chi connectivity index (χ0v) is 35.1. The molecule has 0 unspecified atom stereocenters. The molecular weight excluding hydrogens is 689 g/mol. The van der Waals surface area contributed by atoms with Gasteiger partial charge in [-0.05, 0) is 92.3 Å². The third-order valence-electron chi connectivity index (χ3n) is 14.2. The quantitative estimate of drug-likeness (QED) is 0.0786. The van der Waals surface area contributed by atoms with Crippen molar-refractivity contribution in [3.05, 3.63) is 94.5 Å². The van der Waals surface area contributed by atoms with Crippen molar-refractivity contribution in [2.24, 2.45) is 0 Å².